The number of esters is 1. The Bertz CT molecular complexity index is 899. The van der Waals surface area contributed by atoms with Crippen LogP contribution in [0.15, 0.2) is 27.4 Å². The first-order valence-electron chi connectivity index (χ1n) is 7.82. The molecule has 0 amide bonds. The van der Waals surface area contributed by atoms with E-state index >= 15 is 0 Å². The highest BCUT2D eigenvalue weighted by atomic mass is 16.7. The van der Waals surface area contributed by atoms with Crippen LogP contribution in [-0.4, -0.2) is 32.1 Å². The van der Waals surface area contributed by atoms with Gasteiger partial charge in [-0.1, -0.05) is 0 Å². The average molecular weight is 362 g/mol. The number of rotatable bonds is 5. The summed E-state index contributed by atoms with van der Waals surface area (Å²) >= 11 is 0. The van der Waals surface area contributed by atoms with E-state index < -0.39 is 17.5 Å². The smallest absolute Gasteiger partial charge is 0.343 e. The van der Waals surface area contributed by atoms with Crippen LogP contribution in [0, 0.1) is 6.92 Å². The molecular formula is C18H18O8. The first kappa shape index (κ1) is 17.7. The lowest BCUT2D eigenvalue weighted by molar-refractivity contribution is -0.140. The predicted molar refractivity (Wildman–Crippen MR) is 89.0 cm³/mol. The molecule has 138 valence electrons. The van der Waals surface area contributed by atoms with Gasteiger partial charge in [0, 0.05) is 12.0 Å². The predicted octanol–water partition coefficient (Wildman–Crippen LogP) is 2.09. The molecule has 0 unspecified atom stereocenters. The summed E-state index contributed by atoms with van der Waals surface area (Å²) in [7, 11) is 2.71. The Morgan fingerprint density at radius 1 is 1.27 bits per heavy atom. The van der Waals surface area contributed by atoms with E-state index in [1.54, 1.807) is 19.1 Å². The number of methoxy groups -OCH3 is 2. The van der Waals surface area contributed by atoms with Gasteiger partial charge in [0.15, 0.2) is 11.5 Å². The van der Waals surface area contributed by atoms with Crippen molar-refractivity contribution in [1.82, 2.24) is 0 Å². The summed E-state index contributed by atoms with van der Waals surface area (Å²) in [6.07, 6.45) is -0.180. The number of ether oxygens (including phenoxy) is 4. The molecule has 1 aromatic heterocycles. The zero-order valence-corrected chi connectivity index (χ0v) is 14.5. The molecule has 0 saturated heterocycles. The van der Waals surface area contributed by atoms with Crippen molar-refractivity contribution in [2.24, 2.45) is 0 Å². The van der Waals surface area contributed by atoms with Crippen LogP contribution in [0.1, 0.15) is 29.2 Å². The number of aromatic hydroxyl groups is 1. The van der Waals surface area contributed by atoms with Gasteiger partial charge in [-0.25, -0.2) is 4.79 Å². The Hall–Kier alpha value is -3.16. The van der Waals surface area contributed by atoms with Gasteiger partial charge in [-0.05, 0) is 24.6 Å². The molecule has 0 aliphatic carbocycles. The van der Waals surface area contributed by atoms with Crippen molar-refractivity contribution < 1.29 is 33.3 Å². The van der Waals surface area contributed by atoms with E-state index in [-0.39, 0.29) is 30.3 Å². The van der Waals surface area contributed by atoms with Crippen LogP contribution in [0.4, 0.5) is 0 Å². The van der Waals surface area contributed by atoms with Crippen molar-refractivity contribution in [3.05, 3.63) is 45.5 Å². The van der Waals surface area contributed by atoms with Gasteiger partial charge in [0.25, 0.3) is 0 Å². The minimum atomic E-state index is -0.817. The fraction of sp³-hybridized carbons (Fsp3) is 0.333. The van der Waals surface area contributed by atoms with Crippen molar-refractivity contribution in [2.45, 2.75) is 19.3 Å². The molecule has 8 nitrogen and oxygen atoms in total. The number of hydrogen-bond donors (Lipinski definition) is 1. The summed E-state index contributed by atoms with van der Waals surface area (Å²) in [5.74, 6) is -0.117. The highest BCUT2D eigenvalue weighted by Crippen LogP contribution is 2.45. The maximum atomic E-state index is 12.4. The second-order valence-electron chi connectivity index (χ2n) is 5.73. The van der Waals surface area contributed by atoms with Crippen LogP contribution in [-0.2, 0) is 9.53 Å². The number of carbonyl (C=O) groups is 1. The van der Waals surface area contributed by atoms with Gasteiger partial charge in [0.1, 0.15) is 11.5 Å². The Morgan fingerprint density at radius 2 is 2.04 bits per heavy atom. The Kier molecular flexibility index (Phi) is 4.75. The van der Waals surface area contributed by atoms with Crippen LogP contribution < -0.4 is 19.8 Å². The molecule has 1 aromatic carbocycles. The molecule has 0 radical (unpaired) electrons. The van der Waals surface area contributed by atoms with E-state index in [0.29, 0.717) is 22.8 Å². The van der Waals surface area contributed by atoms with Gasteiger partial charge >= 0.3 is 11.6 Å². The van der Waals surface area contributed by atoms with Crippen LogP contribution in [0.25, 0.3) is 0 Å². The number of fused-ring (bicyclic) bond motifs is 1. The fourth-order valence-electron chi connectivity index (χ4n) is 2.91. The summed E-state index contributed by atoms with van der Waals surface area (Å²) < 4.78 is 25.9. The summed E-state index contributed by atoms with van der Waals surface area (Å²) in [5, 5.41) is 10.3. The lowest BCUT2D eigenvalue weighted by Gasteiger charge is -2.18. The van der Waals surface area contributed by atoms with Gasteiger partial charge < -0.3 is 28.5 Å². The molecule has 3 rings (SSSR count). The van der Waals surface area contributed by atoms with Crippen molar-refractivity contribution in [3.63, 3.8) is 0 Å². The van der Waals surface area contributed by atoms with Crippen molar-refractivity contribution in [1.29, 1.82) is 0 Å². The number of benzene rings is 1. The standard InChI is InChI=1S/C18H18O8/c1-9-4-12(19)16(18(21)26-9)11(7-15(20)23-3)10-5-13(22-2)17-14(6-10)24-8-25-17/h4-6,11,19H,7-8H2,1-3H3/t11-/m1/s1. The normalized spacial score (nSPS) is 13.3. The fourth-order valence-corrected chi connectivity index (χ4v) is 2.91. The number of hydrogen-bond acceptors (Lipinski definition) is 8. The highest BCUT2D eigenvalue weighted by molar-refractivity contribution is 5.72. The monoisotopic (exact) mass is 362 g/mol. The van der Waals surface area contributed by atoms with E-state index in [2.05, 4.69) is 0 Å². The van der Waals surface area contributed by atoms with E-state index in [4.69, 9.17) is 23.4 Å². The first-order chi connectivity index (χ1) is 12.4. The minimum absolute atomic E-state index is 0.0364. The molecule has 1 atom stereocenters. The third-order valence-electron chi connectivity index (χ3n) is 4.12. The van der Waals surface area contributed by atoms with Gasteiger partial charge in [0.2, 0.25) is 12.5 Å². The van der Waals surface area contributed by atoms with Gasteiger partial charge in [-0.3, -0.25) is 4.79 Å². The summed E-state index contributed by atoms with van der Waals surface area (Å²) in [6, 6.07) is 4.59. The Labute approximate surface area is 148 Å². The summed E-state index contributed by atoms with van der Waals surface area (Å²) in [6.45, 7) is 1.58. The molecule has 1 aliphatic heterocycles. The Morgan fingerprint density at radius 3 is 2.69 bits per heavy atom. The zero-order valence-electron chi connectivity index (χ0n) is 14.5. The van der Waals surface area contributed by atoms with E-state index in [1.807, 2.05) is 0 Å². The second kappa shape index (κ2) is 6.99. The topological polar surface area (TPSA) is 104 Å². The maximum Gasteiger partial charge on any atom is 0.343 e. The minimum Gasteiger partial charge on any atom is -0.507 e. The van der Waals surface area contributed by atoms with Crippen LogP contribution >= 0.6 is 0 Å². The number of carbonyl (C=O) groups excluding carboxylic acids is 1. The lowest BCUT2D eigenvalue weighted by atomic mass is 9.88. The van der Waals surface area contributed by atoms with Crippen molar-refractivity contribution in [2.75, 3.05) is 21.0 Å². The molecule has 8 heteroatoms. The molecule has 2 aromatic rings. The molecule has 0 spiro atoms. The molecule has 0 fully saturated rings. The zero-order chi connectivity index (χ0) is 18.8. The van der Waals surface area contributed by atoms with Crippen molar-refractivity contribution in [3.8, 4) is 23.0 Å². The maximum absolute atomic E-state index is 12.4. The molecule has 2 heterocycles. The van der Waals surface area contributed by atoms with Gasteiger partial charge in [-0.15, -0.1) is 0 Å². The third kappa shape index (κ3) is 3.17. The molecule has 1 aliphatic rings. The van der Waals surface area contributed by atoms with Gasteiger partial charge in [-0.2, -0.15) is 0 Å². The van der Waals surface area contributed by atoms with E-state index in [9.17, 15) is 14.7 Å². The summed E-state index contributed by atoms with van der Waals surface area (Å²) in [4.78, 5) is 24.3. The summed E-state index contributed by atoms with van der Waals surface area (Å²) in [5.41, 5.74) is -0.252. The molecule has 26 heavy (non-hydrogen) atoms. The van der Waals surface area contributed by atoms with Gasteiger partial charge in [0.05, 0.1) is 26.2 Å². The second-order valence-corrected chi connectivity index (χ2v) is 5.73. The van der Waals surface area contributed by atoms with Crippen LogP contribution in [0.2, 0.25) is 0 Å². The third-order valence-corrected chi connectivity index (χ3v) is 4.12. The van der Waals surface area contributed by atoms with Crippen LogP contribution in [0.3, 0.4) is 0 Å². The Balaban J connectivity index is 2.17. The van der Waals surface area contributed by atoms with E-state index in [0.717, 1.165) is 0 Å². The SMILES string of the molecule is COC(=O)C[C@H](c1cc(OC)c2c(c1)OCO2)c1c(O)cc(C)oc1=O. The lowest BCUT2D eigenvalue weighted by Crippen LogP contribution is -2.18. The average Bonchev–Trinajstić information content (AvgIpc) is 3.07. The van der Waals surface area contributed by atoms with E-state index in [1.165, 1.54) is 20.3 Å². The first-order valence-corrected chi connectivity index (χ1v) is 7.82. The quantitative estimate of drug-likeness (QED) is 0.806. The largest absolute Gasteiger partial charge is 0.507 e. The van der Waals surface area contributed by atoms with Crippen LogP contribution in [0.5, 0.6) is 23.0 Å². The molecule has 1 N–H and O–H groups in total. The molecule has 0 bridgehead atoms. The van der Waals surface area contributed by atoms with Crippen molar-refractivity contribution >= 4 is 5.97 Å². The number of aryl methyl sites for hydroxylation is 1. The highest BCUT2D eigenvalue weighted by Gasteiger charge is 2.29. The molecular weight excluding hydrogens is 344 g/mol. The molecule has 0 saturated carbocycles.